The van der Waals surface area contributed by atoms with Crippen LogP contribution in [0.1, 0.15) is 11.1 Å². The van der Waals surface area contributed by atoms with Crippen LogP contribution < -0.4 is 19.1 Å². The number of carbonyl (C=O) groups is 3. The average molecular weight is 596 g/mol. The molecule has 1 aliphatic heterocycles. The van der Waals surface area contributed by atoms with E-state index in [0.29, 0.717) is 15.6 Å². The summed E-state index contributed by atoms with van der Waals surface area (Å²) in [6.45, 7) is 1.62. The molecule has 0 atom stereocenters. The van der Waals surface area contributed by atoms with Crippen molar-refractivity contribution in [2.24, 2.45) is 0 Å². The van der Waals surface area contributed by atoms with E-state index in [1.54, 1.807) is 19.1 Å². The molecule has 13 heteroatoms. The molecule has 1 aliphatic rings. The predicted octanol–water partition coefficient (Wildman–Crippen LogP) is 5.40. The number of anilines is 1. The summed E-state index contributed by atoms with van der Waals surface area (Å²) in [5.74, 6) is -2.23. The van der Waals surface area contributed by atoms with Crippen LogP contribution in [0.5, 0.6) is 11.5 Å². The van der Waals surface area contributed by atoms with Crippen LogP contribution in [0.15, 0.2) is 65.1 Å². The van der Waals surface area contributed by atoms with Gasteiger partial charge in [0.15, 0.2) is 5.75 Å². The highest BCUT2D eigenvalue weighted by molar-refractivity contribution is 7.87. The smallest absolute Gasteiger partial charge is 0.339 e. The number of carbonyl (C=O) groups excluding carboxylic acids is 3. The van der Waals surface area contributed by atoms with E-state index in [0.717, 1.165) is 4.90 Å². The van der Waals surface area contributed by atoms with Crippen molar-refractivity contribution in [3.63, 3.8) is 0 Å². The van der Waals surface area contributed by atoms with Crippen LogP contribution in [0.4, 0.5) is 10.5 Å². The lowest BCUT2D eigenvalue weighted by molar-refractivity contribution is -0.122. The summed E-state index contributed by atoms with van der Waals surface area (Å²) in [6.07, 6.45) is 1.18. The maximum absolute atomic E-state index is 13.2. The van der Waals surface area contributed by atoms with E-state index >= 15 is 0 Å². The van der Waals surface area contributed by atoms with Crippen molar-refractivity contribution >= 4 is 74.5 Å². The predicted molar refractivity (Wildman–Crippen MR) is 142 cm³/mol. The first-order valence-electron chi connectivity index (χ1n) is 10.7. The van der Waals surface area contributed by atoms with Crippen molar-refractivity contribution in [2.45, 2.75) is 11.8 Å². The van der Waals surface area contributed by atoms with Gasteiger partial charge in [0.1, 0.15) is 10.5 Å². The van der Waals surface area contributed by atoms with Crippen molar-refractivity contribution in [2.75, 3.05) is 12.0 Å². The Morgan fingerprint density at radius 2 is 1.63 bits per heavy atom. The molecule has 0 aliphatic carbocycles. The molecule has 0 aromatic heterocycles. The van der Waals surface area contributed by atoms with Gasteiger partial charge in [-0.2, -0.15) is 8.42 Å². The zero-order chi connectivity index (χ0) is 27.8. The van der Waals surface area contributed by atoms with Crippen LogP contribution in [0.3, 0.4) is 0 Å². The Kier molecular flexibility index (Phi) is 7.70. The fourth-order valence-electron chi connectivity index (χ4n) is 3.54. The number of methoxy groups -OCH3 is 1. The number of halogens is 3. The van der Waals surface area contributed by atoms with Crippen molar-refractivity contribution < 1.29 is 31.7 Å². The average Bonchev–Trinajstić information content (AvgIpc) is 2.86. The number of nitrogens with one attached hydrogen (secondary N) is 1. The van der Waals surface area contributed by atoms with Gasteiger partial charge in [-0.05, 0) is 72.7 Å². The molecule has 0 spiro atoms. The van der Waals surface area contributed by atoms with E-state index in [9.17, 15) is 22.8 Å². The molecule has 3 aromatic carbocycles. The summed E-state index contributed by atoms with van der Waals surface area (Å²) < 4.78 is 36.0. The summed E-state index contributed by atoms with van der Waals surface area (Å²) in [7, 11) is -3.05. The molecular weight excluding hydrogens is 579 g/mol. The van der Waals surface area contributed by atoms with Gasteiger partial charge in [0, 0.05) is 10.0 Å². The number of ether oxygens (including phenoxy) is 1. The van der Waals surface area contributed by atoms with E-state index in [-0.39, 0.29) is 38.2 Å². The van der Waals surface area contributed by atoms with Gasteiger partial charge < -0.3 is 8.92 Å². The third kappa shape index (κ3) is 5.34. The number of hydrogen-bond acceptors (Lipinski definition) is 7. The van der Waals surface area contributed by atoms with Crippen LogP contribution in [0.2, 0.25) is 15.1 Å². The summed E-state index contributed by atoms with van der Waals surface area (Å²) in [4.78, 5) is 39.0. The Bertz CT molecular complexity index is 1620. The fourth-order valence-corrected chi connectivity index (χ4v) is 5.10. The highest BCUT2D eigenvalue weighted by Crippen LogP contribution is 2.39. The molecule has 196 valence electrons. The SMILES string of the molecule is COc1cc(/C=C2\C(=O)NC(=O)N(c3cccc(Cl)c3C)C2=O)cc(Cl)c1OS(=O)(=O)c1ccc(Cl)cc1. The zero-order valence-corrected chi connectivity index (χ0v) is 22.7. The minimum absolute atomic E-state index is 0.0934. The molecule has 3 aromatic rings. The Morgan fingerprint density at radius 3 is 2.29 bits per heavy atom. The Balaban J connectivity index is 1.72. The topological polar surface area (TPSA) is 119 Å². The first-order valence-corrected chi connectivity index (χ1v) is 13.2. The van der Waals surface area contributed by atoms with Gasteiger partial charge in [-0.1, -0.05) is 40.9 Å². The van der Waals surface area contributed by atoms with Gasteiger partial charge in [0.2, 0.25) is 5.75 Å². The number of benzene rings is 3. The second kappa shape index (κ2) is 10.7. The number of hydrogen-bond donors (Lipinski definition) is 1. The first-order chi connectivity index (χ1) is 17.9. The summed E-state index contributed by atoms with van der Waals surface area (Å²) in [6, 6.07) is 11.6. The van der Waals surface area contributed by atoms with Gasteiger partial charge in [-0.15, -0.1) is 0 Å². The normalized spacial score (nSPS) is 15.0. The molecule has 0 saturated carbocycles. The van der Waals surface area contributed by atoms with E-state index in [1.165, 1.54) is 55.7 Å². The number of urea groups is 1. The van der Waals surface area contributed by atoms with E-state index in [2.05, 4.69) is 5.32 Å². The summed E-state index contributed by atoms with van der Waals surface area (Å²) in [5.41, 5.74) is 0.466. The lowest BCUT2D eigenvalue weighted by Gasteiger charge is -2.27. The van der Waals surface area contributed by atoms with Crippen LogP contribution in [-0.4, -0.2) is 33.4 Å². The lowest BCUT2D eigenvalue weighted by atomic mass is 10.1. The second-order valence-electron chi connectivity index (χ2n) is 7.87. The molecule has 9 nitrogen and oxygen atoms in total. The number of amides is 4. The van der Waals surface area contributed by atoms with Gasteiger partial charge in [0.25, 0.3) is 11.8 Å². The minimum Gasteiger partial charge on any atom is -0.493 e. The fraction of sp³-hybridized carbons (Fsp3) is 0.0800. The third-order valence-corrected chi connectivity index (χ3v) is 7.62. The van der Waals surface area contributed by atoms with Crippen molar-refractivity contribution in [1.29, 1.82) is 0 Å². The Labute approximate surface area is 232 Å². The molecule has 4 amide bonds. The van der Waals surface area contributed by atoms with Gasteiger partial charge in [0.05, 0.1) is 17.8 Å². The molecule has 1 fully saturated rings. The maximum Gasteiger partial charge on any atom is 0.339 e. The molecule has 1 N–H and O–H groups in total. The standard InChI is InChI=1S/C25H17Cl3N2O7S/c1-13-18(27)4-3-5-20(13)30-24(32)17(23(31)29-25(30)33)10-14-11-19(28)22(21(12-14)36-2)37-38(34,35)16-8-6-15(26)7-9-16/h3-12H,1-2H3,(H,29,31,33)/b17-10+. The number of nitrogens with zero attached hydrogens (tertiary/aromatic N) is 1. The Hall–Kier alpha value is -3.57. The minimum atomic E-state index is -4.31. The van der Waals surface area contributed by atoms with E-state index in [4.69, 9.17) is 43.7 Å². The van der Waals surface area contributed by atoms with Crippen molar-refractivity contribution in [3.05, 3.63) is 86.4 Å². The lowest BCUT2D eigenvalue weighted by Crippen LogP contribution is -2.54. The molecule has 4 rings (SSSR count). The molecule has 38 heavy (non-hydrogen) atoms. The highest BCUT2D eigenvalue weighted by Gasteiger charge is 2.37. The van der Waals surface area contributed by atoms with E-state index < -0.39 is 28.0 Å². The number of imide groups is 2. The molecule has 1 saturated heterocycles. The monoisotopic (exact) mass is 594 g/mol. The summed E-state index contributed by atoms with van der Waals surface area (Å²) >= 11 is 18.3. The van der Waals surface area contributed by atoms with Crippen LogP contribution in [0.25, 0.3) is 6.08 Å². The summed E-state index contributed by atoms with van der Waals surface area (Å²) in [5, 5.41) is 2.60. The van der Waals surface area contributed by atoms with Gasteiger partial charge in [-0.25, -0.2) is 9.69 Å². The number of rotatable bonds is 6. The van der Waals surface area contributed by atoms with Gasteiger partial charge in [-0.3, -0.25) is 14.9 Å². The molecule has 0 unspecified atom stereocenters. The van der Waals surface area contributed by atoms with Crippen LogP contribution >= 0.6 is 34.8 Å². The van der Waals surface area contributed by atoms with Crippen LogP contribution in [0, 0.1) is 6.92 Å². The largest absolute Gasteiger partial charge is 0.493 e. The second-order valence-corrected chi connectivity index (χ2v) is 10.7. The van der Waals surface area contributed by atoms with Gasteiger partial charge >= 0.3 is 16.1 Å². The van der Waals surface area contributed by atoms with Crippen molar-refractivity contribution in [1.82, 2.24) is 5.32 Å². The van der Waals surface area contributed by atoms with Crippen LogP contribution in [-0.2, 0) is 19.7 Å². The first kappa shape index (κ1) is 27.5. The maximum atomic E-state index is 13.2. The van der Waals surface area contributed by atoms with E-state index in [1.807, 2.05) is 0 Å². The Morgan fingerprint density at radius 1 is 0.947 bits per heavy atom. The molecular formula is C25H17Cl3N2O7S. The quantitative estimate of drug-likeness (QED) is 0.230. The molecule has 1 heterocycles. The van der Waals surface area contributed by atoms with Crippen molar-refractivity contribution in [3.8, 4) is 11.5 Å². The zero-order valence-electron chi connectivity index (χ0n) is 19.6. The highest BCUT2D eigenvalue weighted by atomic mass is 35.5. The molecule has 0 bridgehead atoms. The number of barbiturate groups is 1. The third-order valence-electron chi connectivity index (χ3n) is 5.44. The molecule has 0 radical (unpaired) electrons.